The highest BCUT2D eigenvalue weighted by atomic mass is 16.6. The second-order valence-corrected chi connectivity index (χ2v) is 12.0. The van der Waals surface area contributed by atoms with Crippen molar-refractivity contribution in [2.24, 2.45) is 11.8 Å². The maximum absolute atomic E-state index is 12.3. The van der Waals surface area contributed by atoms with E-state index < -0.39 is 24.3 Å². The maximum atomic E-state index is 12.3. The number of hydrogen-bond donors (Lipinski definition) is 2. The van der Waals surface area contributed by atoms with Crippen LogP contribution in [-0.4, -0.2) is 35.4 Å². The predicted octanol–water partition coefficient (Wildman–Crippen LogP) is 9.11. The molecule has 2 aromatic heterocycles. The number of unbranched alkanes of at least 4 members (excludes halogenated alkanes) is 2. The van der Waals surface area contributed by atoms with E-state index in [-0.39, 0.29) is 11.8 Å². The number of alkyl carbamates (subject to hydrolysis) is 2. The average Bonchev–Trinajstić information content (AvgIpc) is 3.74. The molecule has 0 unspecified atom stereocenters. The summed E-state index contributed by atoms with van der Waals surface area (Å²) in [5.74, 6) is 2.24. The van der Waals surface area contributed by atoms with E-state index in [0.717, 1.165) is 47.9 Å². The molecule has 2 aromatic carbocycles. The standard InChI is InChI=1S/C36H46N4O6/c1-7-9-19-43-35(41)39-31(23(3)4)33-37-21-29(45-33)27-15-11-25(12-16-27)26-13-17-28(18-14-26)30-22-38-34(46-30)32(24(5)6)40-36(42)44-20-10-8-2/h11-18,21-24,31-32H,7-10,19-20H2,1-6H3,(H,39,41)(H,40,42)/t31-,32-/m0/s1. The molecule has 46 heavy (non-hydrogen) atoms. The topological polar surface area (TPSA) is 129 Å². The van der Waals surface area contributed by atoms with Crippen LogP contribution in [0.2, 0.25) is 0 Å². The van der Waals surface area contributed by atoms with Crippen molar-refractivity contribution in [3.05, 3.63) is 72.7 Å². The number of carbonyl (C=O) groups is 2. The minimum atomic E-state index is -0.470. The minimum Gasteiger partial charge on any atom is -0.450 e. The lowest BCUT2D eigenvalue weighted by Gasteiger charge is -2.19. The second-order valence-electron chi connectivity index (χ2n) is 12.0. The molecule has 0 radical (unpaired) electrons. The average molecular weight is 631 g/mol. The van der Waals surface area contributed by atoms with Gasteiger partial charge in [-0.3, -0.25) is 0 Å². The summed E-state index contributed by atoms with van der Waals surface area (Å²) >= 11 is 0. The summed E-state index contributed by atoms with van der Waals surface area (Å²) < 4.78 is 22.7. The summed E-state index contributed by atoms with van der Waals surface area (Å²) in [6, 6.07) is 15.3. The molecule has 2 N–H and O–H groups in total. The van der Waals surface area contributed by atoms with Crippen molar-refractivity contribution in [1.82, 2.24) is 20.6 Å². The van der Waals surface area contributed by atoms with Crippen molar-refractivity contribution in [3.63, 3.8) is 0 Å². The van der Waals surface area contributed by atoms with E-state index in [0.29, 0.717) is 36.5 Å². The highest BCUT2D eigenvalue weighted by molar-refractivity contribution is 5.71. The number of ether oxygens (including phenoxy) is 2. The zero-order valence-corrected chi connectivity index (χ0v) is 27.7. The van der Waals surface area contributed by atoms with Crippen molar-refractivity contribution in [3.8, 4) is 33.8 Å². The lowest BCUT2D eigenvalue weighted by atomic mass is 10.0. The number of rotatable bonds is 15. The number of carbonyl (C=O) groups excluding carboxylic acids is 2. The Hall–Kier alpha value is -4.60. The first-order chi connectivity index (χ1) is 22.2. The Balaban J connectivity index is 1.40. The quantitative estimate of drug-likeness (QED) is 0.124. The molecule has 0 bridgehead atoms. The van der Waals surface area contributed by atoms with E-state index in [1.54, 1.807) is 12.4 Å². The van der Waals surface area contributed by atoms with Gasteiger partial charge in [0.15, 0.2) is 11.5 Å². The summed E-state index contributed by atoms with van der Waals surface area (Å²) in [5.41, 5.74) is 3.83. The summed E-state index contributed by atoms with van der Waals surface area (Å²) in [6.07, 6.45) is 5.97. The van der Waals surface area contributed by atoms with Crippen LogP contribution in [0.3, 0.4) is 0 Å². The summed E-state index contributed by atoms with van der Waals surface area (Å²) in [4.78, 5) is 33.4. The number of benzene rings is 2. The van der Waals surface area contributed by atoms with Crippen LogP contribution in [0.4, 0.5) is 9.59 Å². The number of aromatic nitrogens is 2. The van der Waals surface area contributed by atoms with Crippen LogP contribution in [0.25, 0.3) is 33.8 Å². The van der Waals surface area contributed by atoms with Crippen LogP contribution in [0.5, 0.6) is 0 Å². The normalized spacial score (nSPS) is 12.6. The van der Waals surface area contributed by atoms with Gasteiger partial charge in [-0.25, -0.2) is 19.6 Å². The van der Waals surface area contributed by atoms with Crippen LogP contribution >= 0.6 is 0 Å². The molecule has 0 spiro atoms. The number of oxazole rings is 2. The van der Waals surface area contributed by atoms with Crippen molar-refractivity contribution in [1.29, 1.82) is 0 Å². The highest BCUT2D eigenvalue weighted by Crippen LogP contribution is 2.31. The third-order valence-corrected chi connectivity index (χ3v) is 7.59. The van der Waals surface area contributed by atoms with E-state index >= 15 is 0 Å². The second kappa shape index (κ2) is 16.6. The molecular weight excluding hydrogens is 584 g/mol. The van der Waals surface area contributed by atoms with E-state index in [4.69, 9.17) is 18.3 Å². The molecule has 0 aliphatic rings. The Bertz CT molecular complexity index is 1410. The smallest absolute Gasteiger partial charge is 0.407 e. The van der Waals surface area contributed by atoms with Crippen LogP contribution in [0.1, 0.15) is 91.1 Å². The van der Waals surface area contributed by atoms with Gasteiger partial charge in [0.25, 0.3) is 0 Å². The lowest BCUT2D eigenvalue weighted by Crippen LogP contribution is -2.32. The van der Waals surface area contributed by atoms with E-state index in [1.807, 2.05) is 90.1 Å². The molecule has 2 amide bonds. The number of nitrogens with one attached hydrogen (secondary N) is 2. The van der Waals surface area contributed by atoms with Gasteiger partial charge in [0, 0.05) is 11.1 Å². The molecule has 0 aliphatic heterocycles. The molecule has 0 saturated heterocycles. The number of nitrogens with zero attached hydrogens (tertiary/aromatic N) is 2. The van der Waals surface area contributed by atoms with Gasteiger partial charge in [0.1, 0.15) is 12.1 Å². The first-order valence-electron chi connectivity index (χ1n) is 16.2. The third-order valence-electron chi connectivity index (χ3n) is 7.59. The molecule has 2 heterocycles. The monoisotopic (exact) mass is 630 g/mol. The molecule has 0 saturated carbocycles. The number of amides is 2. The van der Waals surface area contributed by atoms with Crippen LogP contribution in [0, 0.1) is 11.8 Å². The molecule has 246 valence electrons. The predicted molar refractivity (Wildman–Crippen MR) is 177 cm³/mol. The zero-order chi connectivity index (χ0) is 33.1. The summed E-state index contributed by atoms with van der Waals surface area (Å²) in [5, 5.41) is 5.76. The van der Waals surface area contributed by atoms with Gasteiger partial charge in [-0.15, -0.1) is 0 Å². The van der Waals surface area contributed by atoms with Gasteiger partial charge in [-0.2, -0.15) is 0 Å². The lowest BCUT2D eigenvalue weighted by molar-refractivity contribution is 0.134. The Labute approximate surface area is 271 Å². The molecule has 4 aromatic rings. The Kier molecular flexibility index (Phi) is 12.4. The van der Waals surface area contributed by atoms with E-state index in [2.05, 4.69) is 20.6 Å². The van der Waals surface area contributed by atoms with E-state index in [9.17, 15) is 9.59 Å². The van der Waals surface area contributed by atoms with Crippen molar-refractivity contribution < 1.29 is 27.9 Å². The largest absolute Gasteiger partial charge is 0.450 e. The molecule has 10 heteroatoms. The summed E-state index contributed by atoms with van der Waals surface area (Å²) in [6.45, 7) is 12.8. The summed E-state index contributed by atoms with van der Waals surface area (Å²) in [7, 11) is 0. The van der Waals surface area contributed by atoms with Crippen molar-refractivity contribution in [2.45, 2.75) is 79.3 Å². The van der Waals surface area contributed by atoms with Crippen LogP contribution in [0.15, 0.2) is 69.8 Å². The van der Waals surface area contributed by atoms with Crippen LogP contribution < -0.4 is 10.6 Å². The van der Waals surface area contributed by atoms with Gasteiger partial charge in [-0.05, 0) is 35.8 Å². The minimum absolute atomic E-state index is 0.0616. The van der Waals surface area contributed by atoms with Gasteiger partial charge in [-0.1, -0.05) is 103 Å². The fourth-order valence-corrected chi connectivity index (χ4v) is 4.77. The first-order valence-corrected chi connectivity index (χ1v) is 16.2. The fraction of sp³-hybridized carbons (Fsp3) is 0.444. The van der Waals surface area contributed by atoms with E-state index in [1.165, 1.54) is 0 Å². The molecule has 4 rings (SSSR count). The SMILES string of the molecule is CCCCOC(=O)N[C@H](c1ncc(-c2ccc(-c3ccc(-c4cnc([C@@H](NC(=O)OCCCC)C(C)C)o4)cc3)cc2)o1)C(C)C. The van der Waals surface area contributed by atoms with Gasteiger partial charge in [0.2, 0.25) is 11.8 Å². The number of hydrogen-bond acceptors (Lipinski definition) is 8. The Morgan fingerprint density at radius 2 is 0.978 bits per heavy atom. The molecule has 0 fully saturated rings. The highest BCUT2D eigenvalue weighted by Gasteiger charge is 2.25. The Morgan fingerprint density at radius 3 is 1.30 bits per heavy atom. The molecule has 10 nitrogen and oxygen atoms in total. The molecule has 0 aliphatic carbocycles. The van der Waals surface area contributed by atoms with Crippen LogP contribution in [-0.2, 0) is 9.47 Å². The van der Waals surface area contributed by atoms with Gasteiger partial charge < -0.3 is 28.9 Å². The zero-order valence-electron chi connectivity index (χ0n) is 27.7. The third kappa shape index (κ3) is 9.22. The van der Waals surface area contributed by atoms with Crippen molar-refractivity contribution >= 4 is 12.2 Å². The molecular formula is C36H46N4O6. The fourth-order valence-electron chi connectivity index (χ4n) is 4.77. The van der Waals surface area contributed by atoms with Crippen molar-refractivity contribution in [2.75, 3.05) is 13.2 Å². The molecule has 2 atom stereocenters. The maximum Gasteiger partial charge on any atom is 0.407 e. The van der Waals surface area contributed by atoms with Gasteiger partial charge >= 0.3 is 12.2 Å². The Morgan fingerprint density at radius 1 is 0.630 bits per heavy atom. The first kappa shape index (κ1) is 34.3. The van der Waals surface area contributed by atoms with Gasteiger partial charge in [0.05, 0.1) is 25.6 Å².